The highest BCUT2D eigenvalue weighted by atomic mass is 32.2. The van der Waals surface area contributed by atoms with Crippen molar-refractivity contribution in [1.82, 2.24) is 4.98 Å². The lowest BCUT2D eigenvalue weighted by Crippen LogP contribution is -2.31. The van der Waals surface area contributed by atoms with Crippen LogP contribution >= 0.6 is 11.8 Å². The summed E-state index contributed by atoms with van der Waals surface area (Å²) in [5.41, 5.74) is -1.30. The predicted molar refractivity (Wildman–Crippen MR) is 167 cm³/mol. The molecule has 10 nitrogen and oxygen atoms in total. The second-order valence-corrected chi connectivity index (χ2v) is 11.4. The number of amides is 2. The Morgan fingerprint density at radius 2 is 1.52 bits per heavy atom. The van der Waals surface area contributed by atoms with Crippen LogP contribution in [0.1, 0.15) is 38.3 Å². The topological polar surface area (TPSA) is 136 Å². The number of esters is 1. The summed E-state index contributed by atoms with van der Waals surface area (Å²) in [7, 11) is 2.92. The summed E-state index contributed by atoms with van der Waals surface area (Å²) < 4.78 is 57.4. The van der Waals surface area contributed by atoms with Gasteiger partial charge in [-0.15, -0.1) is 0 Å². The highest BCUT2D eigenvalue weighted by Gasteiger charge is 2.42. The van der Waals surface area contributed by atoms with Crippen molar-refractivity contribution in [2.45, 2.75) is 22.9 Å². The fraction of sp³-hybridized carbons (Fsp3) is 0.176. The Kier molecular flexibility index (Phi) is 9.81. The largest absolute Gasteiger partial charge is 0.497 e. The molecule has 1 aliphatic heterocycles. The Morgan fingerprint density at radius 3 is 2.08 bits per heavy atom. The number of methoxy groups -OCH3 is 2. The van der Waals surface area contributed by atoms with Crippen molar-refractivity contribution in [2.24, 2.45) is 0 Å². The molecule has 3 aromatic carbocycles. The van der Waals surface area contributed by atoms with E-state index < -0.39 is 52.7 Å². The predicted octanol–water partition coefficient (Wildman–Crippen LogP) is 6.12. The number of aromatic nitrogens is 1. The minimum Gasteiger partial charge on any atom is -0.497 e. The molecule has 0 bridgehead atoms. The van der Waals surface area contributed by atoms with Crippen LogP contribution in [0.4, 0.5) is 18.9 Å². The molecule has 1 aliphatic rings. The first-order chi connectivity index (χ1) is 22.9. The lowest BCUT2D eigenvalue weighted by molar-refractivity contribution is -0.138. The molecule has 48 heavy (non-hydrogen) atoms. The maximum absolute atomic E-state index is 14.1. The molecule has 0 aliphatic carbocycles. The van der Waals surface area contributed by atoms with Crippen LogP contribution in [0.5, 0.6) is 11.5 Å². The van der Waals surface area contributed by atoms with E-state index in [1.54, 1.807) is 30.3 Å². The van der Waals surface area contributed by atoms with Gasteiger partial charge in [-0.1, -0.05) is 11.8 Å². The van der Waals surface area contributed by atoms with Crippen molar-refractivity contribution >= 4 is 41.0 Å². The molecule has 1 saturated heterocycles. The van der Waals surface area contributed by atoms with E-state index in [0.29, 0.717) is 34.4 Å². The minimum absolute atomic E-state index is 0.0455. The molecule has 1 aromatic heterocycles. The van der Waals surface area contributed by atoms with E-state index in [-0.39, 0.29) is 28.4 Å². The van der Waals surface area contributed by atoms with Crippen LogP contribution in [-0.4, -0.2) is 54.6 Å². The van der Waals surface area contributed by atoms with Gasteiger partial charge >= 0.3 is 12.1 Å². The summed E-state index contributed by atoms with van der Waals surface area (Å²) in [4.78, 5) is 56.4. The number of anilines is 1. The Balaban J connectivity index is 1.32. The van der Waals surface area contributed by atoms with E-state index in [0.717, 1.165) is 11.0 Å². The molecule has 0 radical (unpaired) electrons. The zero-order chi connectivity index (χ0) is 34.6. The Labute approximate surface area is 276 Å². The number of benzene rings is 3. The molecule has 244 valence electrons. The van der Waals surface area contributed by atoms with Gasteiger partial charge in [0.2, 0.25) is 11.8 Å². The molecule has 0 saturated carbocycles. The molecule has 1 atom stereocenters. The smallest absolute Gasteiger partial charge is 0.417 e. The van der Waals surface area contributed by atoms with Gasteiger partial charge in [-0.05, 0) is 78.9 Å². The molecule has 0 spiro atoms. The molecule has 1 unspecified atom stereocenters. The van der Waals surface area contributed by atoms with Gasteiger partial charge in [0.15, 0.2) is 12.4 Å². The molecule has 2 heterocycles. The lowest BCUT2D eigenvalue weighted by Gasteiger charge is -2.17. The van der Waals surface area contributed by atoms with E-state index in [9.17, 15) is 37.6 Å². The number of rotatable bonds is 10. The highest BCUT2D eigenvalue weighted by molar-refractivity contribution is 8.00. The molecule has 1 fully saturated rings. The highest BCUT2D eigenvalue weighted by Crippen LogP contribution is 2.41. The zero-order valence-corrected chi connectivity index (χ0v) is 26.1. The standard InChI is InChI=1S/C34H24F3N3O7S/c1-45-23-11-5-19(6-12-23)27-15-26(34(35,36)37)25(17-38)31(39-27)48-29-16-30(42)40(32(29)43)22-9-3-21(4-10-22)33(44)47-18-28(41)20-7-13-24(46-2)14-8-20/h3-15,29H,16,18H2,1-2H3. The molecule has 4 aromatic rings. The van der Waals surface area contributed by atoms with Gasteiger partial charge in [-0.25, -0.2) is 14.7 Å². The van der Waals surface area contributed by atoms with Crippen molar-refractivity contribution in [1.29, 1.82) is 5.26 Å². The number of imide groups is 1. The van der Waals surface area contributed by atoms with Gasteiger partial charge in [0.25, 0.3) is 0 Å². The number of alkyl halides is 3. The van der Waals surface area contributed by atoms with Gasteiger partial charge in [0.05, 0.1) is 47.5 Å². The Bertz CT molecular complexity index is 1920. The molecular formula is C34H24F3N3O7S. The second-order valence-electron chi connectivity index (χ2n) is 10.2. The van der Waals surface area contributed by atoms with Crippen molar-refractivity contribution in [3.05, 3.63) is 101 Å². The third kappa shape index (κ3) is 7.16. The van der Waals surface area contributed by atoms with Crippen LogP contribution < -0.4 is 14.4 Å². The summed E-state index contributed by atoms with van der Waals surface area (Å²) in [5.74, 6) is -1.61. The van der Waals surface area contributed by atoms with E-state index in [1.165, 1.54) is 62.8 Å². The number of pyridine rings is 1. The van der Waals surface area contributed by atoms with E-state index in [2.05, 4.69) is 4.98 Å². The fourth-order valence-electron chi connectivity index (χ4n) is 4.77. The number of carbonyl (C=O) groups excluding carboxylic acids is 4. The van der Waals surface area contributed by atoms with Gasteiger partial charge in [-0.3, -0.25) is 14.4 Å². The third-order valence-corrected chi connectivity index (χ3v) is 8.43. The van der Waals surface area contributed by atoms with Crippen LogP contribution in [-0.2, 0) is 20.5 Å². The van der Waals surface area contributed by atoms with Crippen LogP contribution in [0.25, 0.3) is 11.3 Å². The summed E-state index contributed by atoms with van der Waals surface area (Å²) in [5, 5.41) is 8.15. The first-order valence-corrected chi connectivity index (χ1v) is 15.0. The summed E-state index contributed by atoms with van der Waals surface area (Å²) in [6.07, 6.45) is -5.28. The average molecular weight is 676 g/mol. The van der Waals surface area contributed by atoms with Crippen molar-refractivity contribution in [2.75, 3.05) is 25.7 Å². The summed E-state index contributed by atoms with van der Waals surface area (Å²) in [6.45, 7) is -0.524. The molecule has 2 amide bonds. The third-order valence-electron chi connectivity index (χ3n) is 7.26. The van der Waals surface area contributed by atoms with Gasteiger partial charge in [0.1, 0.15) is 22.6 Å². The van der Waals surface area contributed by atoms with Crippen LogP contribution in [0.3, 0.4) is 0 Å². The molecule has 0 N–H and O–H groups in total. The van der Waals surface area contributed by atoms with Gasteiger partial charge < -0.3 is 14.2 Å². The van der Waals surface area contributed by atoms with Crippen molar-refractivity contribution in [3.8, 4) is 28.8 Å². The first kappa shape index (κ1) is 33.7. The van der Waals surface area contributed by atoms with E-state index in [1.807, 2.05) is 0 Å². The van der Waals surface area contributed by atoms with Crippen molar-refractivity contribution < 1.29 is 46.6 Å². The summed E-state index contributed by atoms with van der Waals surface area (Å²) >= 11 is 0.594. The molecular weight excluding hydrogens is 651 g/mol. The maximum Gasteiger partial charge on any atom is 0.417 e. The second kappa shape index (κ2) is 14.0. The Hall–Kier alpha value is -5.68. The van der Waals surface area contributed by atoms with Crippen LogP contribution in [0.2, 0.25) is 0 Å². The Morgan fingerprint density at radius 1 is 0.938 bits per heavy atom. The van der Waals surface area contributed by atoms with Gasteiger partial charge in [-0.2, -0.15) is 18.4 Å². The van der Waals surface area contributed by atoms with Crippen LogP contribution in [0.15, 0.2) is 83.9 Å². The number of carbonyl (C=O) groups is 4. The number of hydrogen-bond acceptors (Lipinski definition) is 10. The first-order valence-electron chi connectivity index (χ1n) is 14.1. The number of ether oxygens (including phenoxy) is 3. The number of thioether (sulfide) groups is 1. The lowest BCUT2D eigenvalue weighted by atomic mass is 10.1. The average Bonchev–Trinajstić information content (AvgIpc) is 3.37. The number of nitrogens with zero attached hydrogens (tertiary/aromatic N) is 3. The number of hydrogen-bond donors (Lipinski definition) is 0. The molecule has 14 heteroatoms. The minimum atomic E-state index is -4.90. The molecule has 5 rings (SSSR count). The normalized spacial score (nSPS) is 14.4. The summed E-state index contributed by atoms with van der Waals surface area (Å²) in [6, 6.07) is 19.9. The maximum atomic E-state index is 14.1. The van der Waals surface area contributed by atoms with E-state index >= 15 is 0 Å². The number of Topliss-reactive ketones (excluding diaryl/α,β-unsaturated/α-hetero) is 1. The number of halogens is 3. The van der Waals surface area contributed by atoms with Crippen molar-refractivity contribution in [3.63, 3.8) is 0 Å². The fourth-order valence-corrected chi connectivity index (χ4v) is 5.90. The van der Waals surface area contributed by atoms with E-state index in [4.69, 9.17) is 14.2 Å². The zero-order valence-electron chi connectivity index (χ0n) is 25.2. The number of ketones is 1. The monoisotopic (exact) mass is 675 g/mol. The van der Waals surface area contributed by atoms with Gasteiger partial charge in [0, 0.05) is 17.5 Å². The SMILES string of the molecule is COc1ccc(C(=O)COC(=O)c2ccc(N3C(=O)CC(Sc4nc(-c5ccc(OC)cc5)cc(C(F)(F)F)c4C#N)C3=O)cc2)cc1. The quantitative estimate of drug-likeness (QED) is 0.110. The number of nitriles is 1. The van der Waals surface area contributed by atoms with Crippen LogP contribution in [0, 0.1) is 11.3 Å².